The lowest BCUT2D eigenvalue weighted by atomic mass is 10.2. The Kier molecular flexibility index (Phi) is 7.51. The van der Waals surface area contributed by atoms with Crippen LogP contribution in [-0.4, -0.2) is 31.5 Å². The molecule has 0 aliphatic carbocycles. The van der Waals surface area contributed by atoms with Crippen molar-refractivity contribution in [1.82, 2.24) is 24.9 Å². The molecule has 2 aromatic carbocycles. The summed E-state index contributed by atoms with van der Waals surface area (Å²) in [5.74, 6) is 4.08. The molecule has 0 saturated carbocycles. The van der Waals surface area contributed by atoms with Gasteiger partial charge in [-0.2, -0.15) is 4.98 Å². The normalized spacial score (nSPS) is 11.2. The molecule has 8 nitrogen and oxygen atoms in total. The second-order valence-electron chi connectivity index (χ2n) is 7.39. The molecule has 0 unspecified atom stereocenters. The molecule has 2 heterocycles. The molecule has 0 aliphatic heterocycles. The molecule has 0 radical (unpaired) electrons. The monoisotopic (exact) mass is 485 g/mol. The number of thioether (sulfide) groups is 1. The fourth-order valence-corrected chi connectivity index (χ4v) is 3.91. The highest BCUT2D eigenvalue weighted by molar-refractivity contribution is 7.98. The first-order valence-electron chi connectivity index (χ1n) is 10.5. The van der Waals surface area contributed by atoms with Crippen molar-refractivity contribution in [3.05, 3.63) is 71.1 Å². The molecular weight excluding hydrogens is 462 g/mol. The van der Waals surface area contributed by atoms with Gasteiger partial charge in [-0.1, -0.05) is 42.4 Å². The van der Waals surface area contributed by atoms with Crippen molar-refractivity contribution >= 4 is 23.4 Å². The van der Waals surface area contributed by atoms with Crippen LogP contribution in [0.5, 0.6) is 11.5 Å². The van der Waals surface area contributed by atoms with Crippen LogP contribution in [0.2, 0.25) is 5.02 Å². The van der Waals surface area contributed by atoms with Gasteiger partial charge in [0.1, 0.15) is 18.1 Å². The lowest BCUT2D eigenvalue weighted by molar-refractivity contribution is 0.291. The average Bonchev–Trinajstić information content (AvgIpc) is 3.45. The fourth-order valence-electron chi connectivity index (χ4n) is 2.97. The molecule has 172 valence electrons. The zero-order valence-corrected chi connectivity index (χ0v) is 20.1. The highest BCUT2D eigenvalue weighted by atomic mass is 35.5. The topological polar surface area (TPSA) is 88.1 Å². The predicted molar refractivity (Wildman–Crippen MR) is 126 cm³/mol. The molecule has 0 fully saturated rings. The van der Waals surface area contributed by atoms with E-state index in [0.29, 0.717) is 45.8 Å². The molecule has 0 spiro atoms. The Morgan fingerprint density at radius 3 is 2.33 bits per heavy atom. The van der Waals surface area contributed by atoms with Crippen molar-refractivity contribution in [1.29, 1.82) is 0 Å². The molecule has 4 aromatic rings. The van der Waals surface area contributed by atoms with Crippen LogP contribution in [0.3, 0.4) is 0 Å². The average molecular weight is 486 g/mol. The van der Waals surface area contributed by atoms with Crippen molar-refractivity contribution in [3.8, 4) is 17.2 Å². The summed E-state index contributed by atoms with van der Waals surface area (Å²) >= 11 is 7.55. The van der Waals surface area contributed by atoms with Crippen molar-refractivity contribution in [2.75, 3.05) is 6.61 Å². The second kappa shape index (κ2) is 10.7. The van der Waals surface area contributed by atoms with Crippen molar-refractivity contribution < 1.29 is 14.0 Å². The highest BCUT2D eigenvalue weighted by Gasteiger charge is 2.17. The summed E-state index contributed by atoms with van der Waals surface area (Å²) in [6, 6.07) is 15.0. The number of halogens is 1. The van der Waals surface area contributed by atoms with Crippen LogP contribution >= 0.6 is 23.4 Å². The Balaban J connectivity index is 1.53. The van der Waals surface area contributed by atoms with Gasteiger partial charge in [-0.3, -0.25) is 4.57 Å². The van der Waals surface area contributed by atoms with E-state index in [1.165, 1.54) is 11.8 Å². The summed E-state index contributed by atoms with van der Waals surface area (Å²) in [5, 5.41) is 14.1. The predicted octanol–water partition coefficient (Wildman–Crippen LogP) is 5.70. The molecular formula is C23H24ClN5O3S. The van der Waals surface area contributed by atoms with Gasteiger partial charge in [0.15, 0.2) is 16.8 Å². The van der Waals surface area contributed by atoms with Gasteiger partial charge in [-0.25, -0.2) is 0 Å². The number of benzene rings is 2. The summed E-state index contributed by atoms with van der Waals surface area (Å²) in [7, 11) is 0. The van der Waals surface area contributed by atoms with Crippen LogP contribution in [0.1, 0.15) is 44.2 Å². The van der Waals surface area contributed by atoms with E-state index in [1.54, 1.807) is 0 Å². The maximum atomic E-state index is 6.09. The van der Waals surface area contributed by atoms with E-state index in [0.717, 1.165) is 11.4 Å². The zero-order valence-electron chi connectivity index (χ0n) is 18.6. The van der Waals surface area contributed by atoms with E-state index >= 15 is 0 Å². The van der Waals surface area contributed by atoms with Gasteiger partial charge in [0.25, 0.3) is 0 Å². The highest BCUT2D eigenvalue weighted by Crippen LogP contribution is 2.27. The Labute approximate surface area is 201 Å². The molecule has 0 aliphatic rings. The van der Waals surface area contributed by atoms with Crippen molar-refractivity contribution in [3.63, 3.8) is 0 Å². The fraction of sp³-hybridized carbons (Fsp3) is 0.304. The molecule has 4 rings (SSSR count). The Hall–Kier alpha value is -3.04. The van der Waals surface area contributed by atoms with Gasteiger partial charge < -0.3 is 14.0 Å². The van der Waals surface area contributed by atoms with E-state index < -0.39 is 0 Å². The number of aromatic nitrogens is 5. The smallest absolute Gasteiger partial charge is 0.237 e. The zero-order chi connectivity index (χ0) is 23.2. The minimum absolute atomic E-state index is 0.205. The molecule has 10 heteroatoms. The number of hydrogen-bond donors (Lipinski definition) is 0. The van der Waals surface area contributed by atoms with Crippen LogP contribution in [-0.2, 0) is 12.4 Å². The van der Waals surface area contributed by atoms with E-state index in [1.807, 2.05) is 73.9 Å². The third-order valence-corrected chi connectivity index (χ3v) is 5.78. The van der Waals surface area contributed by atoms with Gasteiger partial charge in [0.05, 0.1) is 12.4 Å². The third kappa shape index (κ3) is 5.85. The maximum Gasteiger partial charge on any atom is 0.237 e. The quantitative estimate of drug-likeness (QED) is 0.264. The molecule has 0 bridgehead atoms. The second-order valence-corrected chi connectivity index (χ2v) is 8.77. The maximum absolute atomic E-state index is 6.09. The molecule has 0 atom stereocenters. The standard InChI is InChI=1S/C23H24ClN5O3S/c1-4-30-18-9-11-19(12-10-18)31-13-20-26-27-23(29(20)17-7-5-16(24)6-8-17)33-14-21-25-22(15(2)3)28-32-21/h5-12,15H,4,13-14H2,1-3H3. The van der Waals surface area contributed by atoms with Gasteiger partial charge in [0.2, 0.25) is 5.89 Å². The summed E-state index contributed by atoms with van der Waals surface area (Å²) < 4.78 is 18.7. The number of ether oxygens (including phenoxy) is 2. The van der Waals surface area contributed by atoms with Crippen molar-refractivity contribution in [2.45, 2.75) is 44.2 Å². The number of hydrogen-bond acceptors (Lipinski definition) is 8. The molecule has 0 saturated heterocycles. The first-order chi connectivity index (χ1) is 16.0. The first kappa shape index (κ1) is 23.1. The molecule has 0 N–H and O–H groups in total. The van der Waals surface area contributed by atoms with Crippen LogP contribution in [0.15, 0.2) is 58.2 Å². The minimum atomic E-state index is 0.205. The Morgan fingerprint density at radius 2 is 1.70 bits per heavy atom. The number of nitrogens with zero attached hydrogens (tertiary/aromatic N) is 5. The van der Waals surface area contributed by atoms with E-state index in [-0.39, 0.29) is 12.5 Å². The van der Waals surface area contributed by atoms with Crippen LogP contribution in [0.4, 0.5) is 0 Å². The first-order valence-corrected chi connectivity index (χ1v) is 11.9. The van der Waals surface area contributed by atoms with Gasteiger partial charge in [-0.15, -0.1) is 10.2 Å². The lowest BCUT2D eigenvalue weighted by Gasteiger charge is -2.11. The van der Waals surface area contributed by atoms with E-state index in [2.05, 4.69) is 20.3 Å². The van der Waals surface area contributed by atoms with E-state index in [4.69, 9.17) is 25.6 Å². The Bertz CT molecular complexity index is 1180. The van der Waals surface area contributed by atoms with Crippen molar-refractivity contribution in [2.24, 2.45) is 0 Å². The van der Waals surface area contributed by atoms with E-state index in [9.17, 15) is 0 Å². The minimum Gasteiger partial charge on any atom is -0.494 e. The summed E-state index contributed by atoms with van der Waals surface area (Å²) in [5.41, 5.74) is 0.880. The van der Waals surface area contributed by atoms with Crippen LogP contribution in [0.25, 0.3) is 5.69 Å². The molecule has 33 heavy (non-hydrogen) atoms. The number of rotatable bonds is 10. The Morgan fingerprint density at radius 1 is 1.00 bits per heavy atom. The van der Waals surface area contributed by atoms with Gasteiger partial charge >= 0.3 is 0 Å². The molecule has 0 amide bonds. The largest absolute Gasteiger partial charge is 0.494 e. The lowest BCUT2D eigenvalue weighted by Crippen LogP contribution is -2.06. The molecule has 2 aromatic heterocycles. The van der Waals surface area contributed by atoms with Crippen LogP contribution < -0.4 is 9.47 Å². The summed E-state index contributed by atoms with van der Waals surface area (Å²) in [6.07, 6.45) is 0. The van der Waals surface area contributed by atoms with Crippen LogP contribution in [0, 0.1) is 0 Å². The van der Waals surface area contributed by atoms with Gasteiger partial charge in [-0.05, 0) is 55.5 Å². The summed E-state index contributed by atoms with van der Waals surface area (Å²) in [6.45, 7) is 6.85. The van der Waals surface area contributed by atoms with Gasteiger partial charge in [0, 0.05) is 16.6 Å². The SMILES string of the molecule is CCOc1ccc(OCc2nnc(SCc3nc(C(C)C)no3)n2-c2ccc(Cl)cc2)cc1. The third-order valence-electron chi connectivity index (χ3n) is 4.61. The summed E-state index contributed by atoms with van der Waals surface area (Å²) in [4.78, 5) is 4.43.